The molecule has 6 nitrogen and oxygen atoms in total. The molecular weight excluding hydrogens is 366 g/mol. The molecule has 0 radical (unpaired) electrons. The van der Waals surface area contributed by atoms with Gasteiger partial charge < -0.3 is 14.6 Å². The highest BCUT2D eigenvalue weighted by molar-refractivity contribution is 6.00. The number of carbonyl (C=O) groups excluding carboxylic acids is 2. The van der Waals surface area contributed by atoms with Gasteiger partial charge in [0.25, 0.3) is 0 Å². The molecule has 154 valence electrons. The van der Waals surface area contributed by atoms with E-state index < -0.39 is 0 Å². The van der Waals surface area contributed by atoms with Gasteiger partial charge in [-0.05, 0) is 69.1 Å². The maximum atomic E-state index is 12.9. The van der Waals surface area contributed by atoms with Gasteiger partial charge in [0.15, 0.2) is 0 Å². The molecule has 3 heterocycles. The van der Waals surface area contributed by atoms with E-state index in [1.165, 1.54) is 12.8 Å². The molecule has 0 saturated carbocycles. The molecule has 1 aromatic carbocycles. The molecule has 29 heavy (non-hydrogen) atoms. The topological polar surface area (TPSA) is 65.8 Å². The molecule has 2 aliphatic rings. The van der Waals surface area contributed by atoms with Gasteiger partial charge in [-0.1, -0.05) is 12.1 Å². The Balaban J connectivity index is 1.41. The Morgan fingerprint density at radius 2 is 2.00 bits per heavy atom. The third kappa shape index (κ3) is 4.08. The van der Waals surface area contributed by atoms with E-state index in [1.54, 1.807) is 11.2 Å². The van der Waals surface area contributed by atoms with E-state index in [0.717, 1.165) is 35.7 Å². The smallest absolute Gasteiger partial charge is 0.227 e. The van der Waals surface area contributed by atoms with Crippen molar-refractivity contribution >= 4 is 17.5 Å². The van der Waals surface area contributed by atoms with E-state index in [0.29, 0.717) is 13.1 Å². The van der Waals surface area contributed by atoms with Crippen molar-refractivity contribution in [2.75, 3.05) is 31.1 Å². The fourth-order valence-corrected chi connectivity index (χ4v) is 4.43. The van der Waals surface area contributed by atoms with Crippen LogP contribution in [0.1, 0.15) is 42.2 Å². The standard InChI is InChI=1S/C23H29N3O3/c1-16-7-5-8-19(17(16)2)26-15-18(13-22(26)27)23(28)24-14-20(21-9-6-12-29-21)25-10-3-4-11-25/h5-9,12,18,20H,3-4,10-11,13-15H2,1-2H3,(H,24,28)/t18-,20+/m0/s1. The molecule has 2 aliphatic heterocycles. The molecule has 0 spiro atoms. The summed E-state index contributed by atoms with van der Waals surface area (Å²) in [6, 6.07) is 9.86. The quantitative estimate of drug-likeness (QED) is 0.816. The third-order valence-corrected chi connectivity index (χ3v) is 6.29. The number of rotatable bonds is 6. The highest BCUT2D eigenvalue weighted by Gasteiger charge is 2.36. The van der Waals surface area contributed by atoms with E-state index in [-0.39, 0.29) is 30.2 Å². The Morgan fingerprint density at radius 3 is 2.72 bits per heavy atom. The number of nitrogens with zero attached hydrogens (tertiary/aromatic N) is 2. The Labute approximate surface area is 171 Å². The molecule has 2 aromatic rings. The SMILES string of the molecule is Cc1cccc(N2C[C@@H](C(=O)NC[C@H](c3ccco3)N3CCCC3)CC2=O)c1C. The number of aryl methyl sites for hydroxylation is 1. The number of carbonyl (C=O) groups is 2. The van der Waals surface area contributed by atoms with Crippen LogP contribution in [0.5, 0.6) is 0 Å². The van der Waals surface area contributed by atoms with E-state index in [9.17, 15) is 9.59 Å². The van der Waals surface area contributed by atoms with Gasteiger partial charge in [0.1, 0.15) is 5.76 Å². The monoisotopic (exact) mass is 395 g/mol. The summed E-state index contributed by atoms with van der Waals surface area (Å²) in [7, 11) is 0. The molecule has 0 unspecified atom stereocenters. The Kier molecular flexibility index (Phi) is 5.72. The summed E-state index contributed by atoms with van der Waals surface area (Å²) in [6.07, 6.45) is 4.28. The number of likely N-dealkylation sites (tertiary alicyclic amines) is 1. The minimum Gasteiger partial charge on any atom is -0.468 e. The fraction of sp³-hybridized carbons (Fsp3) is 0.478. The molecular formula is C23H29N3O3. The summed E-state index contributed by atoms with van der Waals surface area (Å²) < 4.78 is 5.63. The van der Waals surface area contributed by atoms with Gasteiger partial charge in [-0.15, -0.1) is 0 Å². The van der Waals surface area contributed by atoms with E-state index in [1.807, 2.05) is 44.2 Å². The maximum absolute atomic E-state index is 12.9. The van der Waals surface area contributed by atoms with Gasteiger partial charge in [-0.25, -0.2) is 0 Å². The third-order valence-electron chi connectivity index (χ3n) is 6.29. The van der Waals surface area contributed by atoms with Gasteiger partial charge >= 0.3 is 0 Å². The van der Waals surface area contributed by atoms with Crippen LogP contribution in [0, 0.1) is 19.8 Å². The Hall–Kier alpha value is -2.60. The molecule has 6 heteroatoms. The number of amides is 2. The van der Waals surface area contributed by atoms with E-state index in [2.05, 4.69) is 10.2 Å². The Bertz CT molecular complexity index is 871. The minimum atomic E-state index is -0.321. The zero-order valence-electron chi connectivity index (χ0n) is 17.2. The van der Waals surface area contributed by atoms with Crippen LogP contribution in [-0.2, 0) is 9.59 Å². The maximum Gasteiger partial charge on any atom is 0.227 e. The number of benzene rings is 1. The normalized spacial score (nSPS) is 21.0. The van der Waals surface area contributed by atoms with Crippen molar-refractivity contribution in [2.45, 2.75) is 39.2 Å². The minimum absolute atomic E-state index is 0.0148. The summed E-state index contributed by atoms with van der Waals surface area (Å²) in [5.41, 5.74) is 3.15. The zero-order chi connectivity index (χ0) is 20.4. The predicted molar refractivity (Wildman–Crippen MR) is 112 cm³/mol. The second kappa shape index (κ2) is 8.41. The van der Waals surface area contributed by atoms with Crippen molar-refractivity contribution in [2.24, 2.45) is 5.92 Å². The molecule has 2 fully saturated rings. The van der Waals surface area contributed by atoms with Crippen molar-refractivity contribution in [3.05, 3.63) is 53.5 Å². The molecule has 2 saturated heterocycles. The lowest BCUT2D eigenvalue weighted by molar-refractivity contribution is -0.126. The average molecular weight is 396 g/mol. The van der Waals surface area contributed by atoms with Gasteiger partial charge in [-0.3, -0.25) is 14.5 Å². The highest BCUT2D eigenvalue weighted by atomic mass is 16.3. The van der Waals surface area contributed by atoms with Gasteiger partial charge in [0.2, 0.25) is 11.8 Å². The van der Waals surface area contributed by atoms with Gasteiger partial charge in [-0.2, -0.15) is 0 Å². The van der Waals surface area contributed by atoms with E-state index >= 15 is 0 Å². The Morgan fingerprint density at radius 1 is 1.21 bits per heavy atom. The largest absolute Gasteiger partial charge is 0.468 e. The van der Waals surface area contributed by atoms with Crippen molar-refractivity contribution in [1.82, 2.24) is 10.2 Å². The predicted octanol–water partition coefficient (Wildman–Crippen LogP) is 3.20. The molecule has 2 atom stereocenters. The van der Waals surface area contributed by atoms with Crippen LogP contribution in [0.15, 0.2) is 41.0 Å². The van der Waals surface area contributed by atoms with Crippen molar-refractivity contribution in [3.8, 4) is 0 Å². The molecule has 2 amide bonds. The number of hydrogen-bond donors (Lipinski definition) is 1. The molecule has 1 N–H and O–H groups in total. The molecule has 4 rings (SSSR count). The first kappa shape index (κ1) is 19.7. The summed E-state index contributed by atoms with van der Waals surface area (Å²) in [5, 5.41) is 3.09. The summed E-state index contributed by atoms with van der Waals surface area (Å²) >= 11 is 0. The van der Waals surface area contributed by atoms with Crippen molar-refractivity contribution < 1.29 is 14.0 Å². The molecule has 0 bridgehead atoms. The molecule has 1 aromatic heterocycles. The molecule has 0 aliphatic carbocycles. The first-order chi connectivity index (χ1) is 14.0. The van der Waals surface area contributed by atoms with Crippen LogP contribution in [0.3, 0.4) is 0 Å². The second-order valence-electron chi connectivity index (χ2n) is 8.14. The lowest BCUT2D eigenvalue weighted by Gasteiger charge is -2.26. The number of nitrogens with one attached hydrogen (secondary N) is 1. The summed E-state index contributed by atoms with van der Waals surface area (Å²) in [5.74, 6) is 0.521. The first-order valence-electron chi connectivity index (χ1n) is 10.5. The lowest BCUT2D eigenvalue weighted by atomic mass is 10.1. The highest BCUT2D eigenvalue weighted by Crippen LogP contribution is 2.30. The van der Waals surface area contributed by atoms with Gasteiger partial charge in [0, 0.05) is 25.2 Å². The van der Waals surface area contributed by atoms with Crippen LogP contribution in [0.25, 0.3) is 0 Å². The summed E-state index contributed by atoms with van der Waals surface area (Å²) in [6.45, 7) is 7.03. The van der Waals surface area contributed by atoms with Crippen molar-refractivity contribution in [1.29, 1.82) is 0 Å². The second-order valence-corrected chi connectivity index (χ2v) is 8.14. The van der Waals surface area contributed by atoms with E-state index in [4.69, 9.17) is 4.42 Å². The average Bonchev–Trinajstić information content (AvgIpc) is 3.46. The van der Waals surface area contributed by atoms with Crippen LogP contribution in [0.4, 0.5) is 5.69 Å². The summed E-state index contributed by atoms with van der Waals surface area (Å²) in [4.78, 5) is 29.6. The van der Waals surface area contributed by atoms with Crippen LogP contribution >= 0.6 is 0 Å². The van der Waals surface area contributed by atoms with Crippen molar-refractivity contribution in [3.63, 3.8) is 0 Å². The van der Waals surface area contributed by atoms with Gasteiger partial charge in [0.05, 0.1) is 18.2 Å². The number of hydrogen-bond acceptors (Lipinski definition) is 4. The lowest BCUT2D eigenvalue weighted by Crippen LogP contribution is -2.39. The fourth-order valence-electron chi connectivity index (χ4n) is 4.43. The number of anilines is 1. The van der Waals surface area contributed by atoms with Crippen LogP contribution in [-0.4, -0.2) is 42.9 Å². The van der Waals surface area contributed by atoms with Crippen LogP contribution in [0.2, 0.25) is 0 Å². The zero-order valence-corrected chi connectivity index (χ0v) is 17.2. The van der Waals surface area contributed by atoms with Crippen LogP contribution < -0.4 is 10.2 Å². The first-order valence-corrected chi connectivity index (χ1v) is 10.5. The number of furan rings is 1.